The van der Waals surface area contributed by atoms with Crippen LogP contribution in [0.15, 0.2) is 0 Å². The van der Waals surface area contributed by atoms with Crippen LogP contribution in [-0.2, 0) is 14.3 Å². The Labute approximate surface area is 173 Å². The topological polar surface area (TPSA) is 221 Å². The first-order valence-corrected chi connectivity index (χ1v) is 9.78. The summed E-state index contributed by atoms with van der Waals surface area (Å²) in [6.45, 7) is 1.61. The van der Waals surface area contributed by atoms with Gasteiger partial charge in [-0.2, -0.15) is 0 Å². The molecule has 9 atom stereocenters. The van der Waals surface area contributed by atoms with E-state index in [9.17, 15) is 45.6 Å². The number of hydrogen-bond donors (Lipinski definition) is 10. The van der Waals surface area contributed by atoms with Gasteiger partial charge in [0.05, 0.1) is 13.2 Å². The summed E-state index contributed by atoms with van der Waals surface area (Å²) in [6.07, 6.45) is -15.2. The van der Waals surface area contributed by atoms with Gasteiger partial charge in [0.1, 0.15) is 42.7 Å². The summed E-state index contributed by atoms with van der Waals surface area (Å²) in [4.78, 5) is 12.0. The van der Waals surface area contributed by atoms with Crippen molar-refractivity contribution in [1.82, 2.24) is 10.6 Å². The van der Waals surface area contributed by atoms with Gasteiger partial charge in [-0.25, -0.2) is 0 Å². The Morgan fingerprint density at radius 2 is 1.70 bits per heavy atom. The number of aliphatic hydroxyl groups is 8. The molecule has 0 aromatic carbocycles. The third-order valence-electron chi connectivity index (χ3n) is 4.66. The van der Waals surface area contributed by atoms with Crippen LogP contribution < -0.4 is 10.6 Å². The number of aliphatic hydroxyl groups excluding tert-OH is 8. The fraction of sp³-hybridized carbons (Fsp3) is 0.941. The number of rotatable bonds is 13. The molecule has 0 radical (unpaired) electrons. The van der Waals surface area contributed by atoms with Crippen LogP contribution in [0.5, 0.6) is 0 Å². The van der Waals surface area contributed by atoms with Gasteiger partial charge in [-0.05, 0) is 13.0 Å². The smallest absolute Gasteiger partial charge is 0.251 e. The highest BCUT2D eigenvalue weighted by Crippen LogP contribution is 2.25. The number of carbonyl (C=O) groups excluding carboxylic acids is 1. The monoisotopic (exact) mass is 442 g/mol. The second-order valence-electron chi connectivity index (χ2n) is 7.02. The lowest BCUT2D eigenvalue weighted by atomic mass is 9.98. The first kappa shape index (κ1) is 27.1. The molecule has 0 aromatic rings. The van der Waals surface area contributed by atoms with Crippen molar-refractivity contribution in [3.8, 4) is 0 Å². The summed E-state index contributed by atoms with van der Waals surface area (Å²) < 4.78 is 10.4. The molecule has 1 fully saturated rings. The lowest BCUT2D eigenvalue weighted by Crippen LogP contribution is -2.62. The van der Waals surface area contributed by atoms with Gasteiger partial charge in [-0.3, -0.25) is 4.79 Å². The summed E-state index contributed by atoms with van der Waals surface area (Å²) in [5.74, 6) is -0.964. The second kappa shape index (κ2) is 13.4. The third-order valence-corrected chi connectivity index (χ3v) is 4.66. The molecule has 0 saturated carbocycles. The molecule has 1 aliphatic heterocycles. The largest absolute Gasteiger partial charge is 0.394 e. The minimum absolute atomic E-state index is 0.156. The van der Waals surface area contributed by atoms with Crippen molar-refractivity contribution < 1.29 is 55.1 Å². The predicted octanol–water partition coefficient (Wildman–Crippen LogP) is -5.64. The van der Waals surface area contributed by atoms with Crippen molar-refractivity contribution in [2.45, 2.75) is 68.5 Å². The minimum atomic E-state index is -2.06. The van der Waals surface area contributed by atoms with E-state index in [1.54, 1.807) is 0 Å². The maximum absolute atomic E-state index is 12.0. The number of carbonyl (C=O) groups is 1. The van der Waals surface area contributed by atoms with Crippen molar-refractivity contribution in [3.05, 3.63) is 0 Å². The van der Waals surface area contributed by atoms with Gasteiger partial charge in [0.25, 0.3) is 5.91 Å². The molecule has 10 N–H and O–H groups in total. The highest BCUT2D eigenvalue weighted by Gasteiger charge is 2.47. The van der Waals surface area contributed by atoms with Gasteiger partial charge in [-0.1, -0.05) is 6.92 Å². The molecule has 0 aromatic heterocycles. The molecule has 0 bridgehead atoms. The maximum Gasteiger partial charge on any atom is 0.251 e. The van der Waals surface area contributed by atoms with Crippen molar-refractivity contribution in [3.63, 3.8) is 0 Å². The average molecular weight is 442 g/mol. The van der Waals surface area contributed by atoms with E-state index < -0.39 is 74.2 Å². The van der Waals surface area contributed by atoms with Gasteiger partial charge in [0, 0.05) is 13.1 Å². The molecule has 0 aliphatic carbocycles. The van der Waals surface area contributed by atoms with Gasteiger partial charge in [0.15, 0.2) is 12.4 Å². The van der Waals surface area contributed by atoms with Gasteiger partial charge in [0.2, 0.25) is 0 Å². The van der Waals surface area contributed by atoms with Crippen LogP contribution in [0.1, 0.15) is 13.3 Å². The molecule has 1 amide bonds. The number of amides is 1. The van der Waals surface area contributed by atoms with Crippen molar-refractivity contribution in [1.29, 1.82) is 0 Å². The molecule has 1 saturated heterocycles. The quantitative estimate of drug-likeness (QED) is 0.121. The predicted molar refractivity (Wildman–Crippen MR) is 99.9 cm³/mol. The average Bonchev–Trinajstić information content (AvgIpc) is 2.75. The van der Waals surface area contributed by atoms with Gasteiger partial charge >= 0.3 is 0 Å². The minimum Gasteiger partial charge on any atom is -0.394 e. The number of hydrogen-bond acceptors (Lipinski definition) is 12. The zero-order valence-electron chi connectivity index (χ0n) is 16.7. The maximum atomic E-state index is 12.0. The van der Waals surface area contributed by atoms with E-state index in [-0.39, 0.29) is 6.54 Å². The van der Waals surface area contributed by atoms with Crippen LogP contribution in [0.4, 0.5) is 0 Å². The third kappa shape index (κ3) is 7.32. The van der Waals surface area contributed by atoms with Crippen LogP contribution in [0.25, 0.3) is 0 Å². The number of ether oxygens (including phenoxy) is 2. The summed E-state index contributed by atoms with van der Waals surface area (Å²) >= 11 is 0. The van der Waals surface area contributed by atoms with Crippen LogP contribution in [0, 0.1) is 0 Å². The normalized spacial score (nSPS) is 31.0. The molecule has 1 rings (SSSR count). The van der Waals surface area contributed by atoms with E-state index in [2.05, 4.69) is 10.6 Å². The Kier molecular flexibility index (Phi) is 12.1. The zero-order chi connectivity index (χ0) is 22.8. The Balaban J connectivity index is 2.79. The Morgan fingerprint density at radius 1 is 1.03 bits per heavy atom. The van der Waals surface area contributed by atoms with Gasteiger partial charge < -0.3 is 61.0 Å². The van der Waals surface area contributed by atoms with E-state index in [0.29, 0.717) is 6.54 Å². The van der Waals surface area contributed by atoms with E-state index >= 15 is 0 Å². The molecule has 13 heteroatoms. The lowest BCUT2D eigenvalue weighted by Gasteiger charge is -2.42. The number of nitrogens with one attached hydrogen (secondary N) is 2. The van der Waals surface area contributed by atoms with Crippen molar-refractivity contribution >= 4 is 5.91 Å². The summed E-state index contributed by atoms with van der Waals surface area (Å²) in [7, 11) is 0. The van der Waals surface area contributed by atoms with Gasteiger partial charge in [-0.15, -0.1) is 0 Å². The van der Waals surface area contributed by atoms with E-state index in [4.69, 9.17) is 9.47 Å². The molecule has 1 heterocycles. The SMILES string of the molecule is CCCNCCNC(=O)C(O)C(O)C(O[C@@H]1OC(CO)[C@H](O)[C@H](O)C1O)C(O)CO. The van der Waals surface area contributed by atoms with Crippen LogP contribution in [0.3, 0.4) is 0 Å². The van der Waals surface area contributed by atoms with Crippen LogP contribution in [0.2, 0.25) is 0 Å². The second-order valence-corrected chi connectivity index (χ2v) is 7.02. The fourth-order valence-corrected chi connectivity index (χ4v) is 2.85. The van der Waals surface area contributed by atoms with E-state index in [0.717, 1.165) is 13.0 Å². The molecular formula is C17H34N2O11. The first-order chi connectivity index (χ1) is 14.2. The fourth-order valence-electron chi connectivity index (χ4n) is 2.85. The Hall–Kier alpha value is -0.970. The summed E-state index contributed by atoms with van der Waals surface area (Å²) in [6, 6.07) is 0. The molecule has 178 valence electrons. The highest BCUT2D eigenvalue weighted by molar-refractivity contribution is 5.81. The lowest BCUT2D eigenvalue weighted by molar-refractivity contribution is -0.326. The highest BCUT2D eigenvalue weighted by atomic mass is 16.7. The first-order valence-electron chi connectivity index (χ1n) is 9.78. The molecule has 1 aliphatic rings. The molecule has 30 heavy (non-hydrogen) atoms. The van der Waals surface area contributed by atoms with Crippen LogP contribution >= 0.6 is 0 Å². The molecule has 6 unspecified atom stereocenters. The Bertz CT molecular complexity index is 498. The van der Waals surface area contributed by atoms with Crippen molar-refractivity contribution in [2.24, 2.45) is 0 Å². The standard InChI is InChI=1S/C17H34N2O11/c1-2-3-18-4-5-19-16(28)13(26)12(25)15(8(22)6-20)30-17-14(27)11(24)10(23)9(7-21)29-17/h8-15,17-18,20-27H,2-7H2,1H3,(H,19,28)/t8?,9?,10-,11-,12?,13?,14?,15?,17-/m0/s1. The van der Waals surface area contributed by atoms with Crippen LogP contribution in [-0.4, -0.2) is 135 Å². The Morgan fingerprint density at radius 3 is 2.27 bits per heavy atom. The zero-order valence-corrected chi connectivity index (χ0v) is 16.7. The van der Waals surface area contributed by atoms with E-state index in [1.807, 2.05) is 6.92 Å². The summed E-state index contributed by atoms with van der Waals surface area (Å²) in [5, 5.41) is 83.8. The molecular weight excluding hydrogens is 408 g/mol. The molecule has 0 spiro atoms. The summed E-state index contributed by atoms with van der Waals surface area (Å²) in [5.41, 5.74) is 0. The van der Waals surface area contributed by atoms with E-state index in [1.165, 1.54) is 0 Å². The van der Waals surface area contributed by atoms with Crippen molar-refractivity contribution in [2.75, 3.05) is 32.8 Å². The molecule has 13 nitrogen and oxygen atoms in total.